The summed E-state index contributed by atoms with van der Waals surface area (Å²) in [6.07, 6.45) is 0. The molecule has 0 bridgehead atoms. The van der Waals surface area contributed by atoms with E-state index >= 15 is 0 Å². The molecule has 0 fully saturated rings. The summed E-state index contributed by atoms with van der Waals surface area (Å²) in [5.41, 5.74) is 0.944. The number of aromatic nitrogens is 1. The second-order valence-electron chi connectivity index (χ2n) is 6.82. The maximum Gasteiger partial charge on any atom is 0.279 e. The smallest absolute Gasteiger partial charge is 0.279 e. The standard InChI is InChI=1S/C20H18ClN5O5S/c1-10-7-18(28)24-16-9-17(15(21)8-14(10)16)25-26-19(11(2)27)20(29)23-12-3-5-13(6-4-12)32(22,30)31/h3-9,27H,1-2H3,(H,23,29)(H,24,28)(H2,22,30,31)/b19-11+,26-25?. The van der Waals surface area contributed by atoms with Crippen molar-refractivity contribution >= 4 is 49.8 Å². The monoisotopic (exact) mass is 475 g/mol. The number of carbonyl (C=O) groups excluding carboxylic acids is 1. The number of halogens is 1. The molecule has 32 heavy (non-hydrogen) atoms. The zero-order valence-corrected chi connectivity index (χ0v) is 18.5. The van der Waals surface area contributed by atoms with Gasteiger partial charge in [-0.1, -0.05) is 11.6 Å². The number of H-pyrrole nitrogens is 1. The number of aliphatic hydroxyl groups is 1. The number of hydrogen-bond acceptors (Lipinski definition) is 7. The zero-order valence-electron chi connectivity index (χ0n) is 16.9. The van der Waals surface area contributed by atoms with Gasteiger partial charge in [0.25, 0.3) is 5.91 Å². The van der Waals surface area contributed by atoms with E-state index in [9.17, 15) is 23.1 Å². The largest absolute Gasteiger partial charge is 0.510 e. The van der Waals surface area contributed by atoms with Gasteiger partial charge in [-0.25, -0.2) is 13.6 Å². The number of nitrogens with two attached hydrogens (primary N) is 1. The Kier molecular flexibility index (Phi) is 6.44. The fraction of sp³-hybridized carbons (Fsp3) is 0.100. The lowest BCUT2D eigenvalue weighted by Gasteiger charge is -2.07. The molecule has 0 aliphatic carbocycles. The summed E-state index contributed by atoms with van der Waals surface area (Å²) >= 11 is 6.25. The molecule has 0 atom stereocenters. The third kappa shape index (κ3) is 5.19. The number of azo groups is 1. The molecule has 0 aliphatic heterocycles. The van der Waals surface area contributed by atoms with Crippen LogP contribution in [0.5, 0.6) is 0 Å². The van der Waals surface area contributed by atoms with Crippen LogP contribution in [-0.4, -0.2) is 24.4 Å². The summed E-state index contributed by atoms with van der Waals surface area (Å²) in [5, 5.41) is 26.1. The van der Waals surface area contributed by atoms with Crippen LogP contribution >= 0.6 is 11.6 Å². The highest BCUT2D eigenvalue weighted by Gasteiger charge is 2.15. The number of hydrogen-bond donors (Lipinski definition) is 4. The van der Waals surface area contributed by atoms with Crippen LogP contribution in [0.3, 0.4) is 0 Å². The Bertz CT molecular complexity index is 1440. The molecule has 1 heterocycles. The normalized spacial score (nSPS) is 12.8. The number of carbonyl (C=O) groups is 1. The van der Waals surface area contributed by atoms with Gasteiger partial charge in [0.2, 0.25) is 15.6 Å². The van der Waals surface area contributed by atoms with Gasteiger partial charge >= 0.3 is 0 Å². The lowest BCUT2D eigenvalue weighted by atomic mass is 10.1. The van der Waals surface area contributed by atoms with Crippen LogP contribution < -0.4 is 16.0 Å². The summed E-state index contributed by atoms with van der Waals surface area (Å²) in [5.74, 6) is -1.20. The third-order valence-corrected chi connectivity index (χ3v) is 5.61. The van der Waals surface area contributed by atoms with E-state index in [4.69, 9.17) is 16.7 Å². The number of primary sulfonamides is 1. The molecule has 0 saturated heterocycles. The lowest BCUT2D eigenvalue weighted by molar-refractivity contribution is -0.113. The van der Waals surface area contributed by atoms with Crippen molar-refractivity contribution in [2.45, 2.75) is 18.7 Å². The van der Waals surface area contributed by atoms with Gasteiger partial charge in [0.15, 0.2) is 5.70 Å². The van der Waals surface area contributed by atoms with E-state index in [0.717, 1.165) is 10.9 Å². The van der Waals surface area contributed by atoms with Gasteiger partial charge in [0.1, 0.15) is 11.4 Å². The van der Waals surface area contributed by atoms with E-state index in [2.05, 4.69) is 20.5 Å². The average molecular weight is 476 g/mol. The summed E-state index contributed by atoms with van der Waals surface area (Å²) in [6, 6.07) is 9.66. The van der Waals surface area contributed by atoms with E-state index in [1.807, 2.05) is 0 Å². The molecule has 1 amide bonds. The van der Waals surface area contributed by atoms with Gasteiger partial charge in [0, 0.05) is 17.1 Å². The number of allylic oxidation sites excluding steroid dienone is 1. The van der Waals surface area contributed by atoms with Gasteiger partial charge in [-0.15, -0.1) is 10.2 Å². The molecule has 3 rings (SSSR count). The van der Waals surface area contributed by atoms with Crippen LogP contribution in [0.15, 0.2) is 73.8 Å². The molecule has 0 radical (unpaired) electrons. The predicted molar refractivity (Wildman–Crippen MR) is 121 cm³/mol. The topological polar surface area (TPSA) is 167 Å². The van der Waals surface area contributed by atoms with E-state index in [1.54, 1.807) is 13.0 Å². The molecule has 0 aliphatic rings. The van der Waals surface area contributed by atoms with Gasteiger partial charge in [-0.2, -0.15) is 0 Å². The van der Waals surface area contributed by atoms with Crippen LogP contribution in [0, 0.1) is 6.92 Å². The third-order valence-electron chi connectivity index (χ3n) is 4.37. The number of nitrogens with zero attached hydrogens (tertiary/aromatic N) is 2. The van der Waals surface area contributed by atoms with Crippen molar-refractivity contribution in [1.29, 1.82) is 0 Å². The molecule has 2 aromatic carbocycles. The second kappa shape index (κ2) is 8.91. The first-order valence-corrected chi connectivity index (χ1v) is 11.0. The Morgan fingerprint density at radius 2 is 1.84 bits per heavy atom. The number of sulfonamides is 1. The van der Waals surface area contributed by atoms with Gasteiger partial charge < -0.3 is 15.4 Å². The predicted octanol–water partition coefficient (Wildman–Crippen LogP) is 3.65. The van der Waals surface area contributed by atoms with E-state index in [-0.39, 0.29) is 26.9 Å². The van der Waals surface area contributed by atoms with Crippen LogP contribution in [-0.2, 0) is 14.8 Å². The zero-order chi connectivity index (χ0) is 23.6. The number of aryl methyl sites for hydroxylation is 1. The number of nitrogens with one attached hydrogen (secondary N) is 2. The molecule has 3 aromatic rings. The van der Waals surface area contributed by atoms with Crippen molar-refractivity contribution in [3.8, 4) is 0 Å². The maximum atomic E-state index is 12.5. The minimum atomic E-state index is -3.87. The molecule has 0 unspecified atom stereocenters. The summed E-state index contributed by atoms with van der Waals surface area (Å²) < 4.78 is 22.6. The molecule has 10 nitrogen and oxygen atoms in total. The first kappa shape index (κ1) is 23.1. The Balaban J connectivity index is 1.88. The van der Waals surface area contributed by atoms with Gasteiger partial charge in [0.05, 0.1) is 15.4 Å². The number of anilines is 1. The Morgan fingerprint density at radius 1 is 1.19 bits per heavy atom. The molecular weight excluding hydrogens is 458 g/mol. The lowest BCUT2D eigenvalue weighted by Crippen LogP contribution is -2.15. The maximum absolute atomic E-state index is 12.5. The van der Waals surface area contributed by atoms with Gasteiger partial charge in [-0.05, 0) is 55.8 Å². The van der Waals surface area contributed by atoms with Crippen LogP contribution in [0.25, 0.3) is 10.9 Å². The minimum absolute atomic E-state index is 0.122. The molecular formula is C20H18ClN5O5S. The minimum Gasteiger partial charge on any atom is -0.510 e. The first-order valence-electron chi connectivity index (χ1n) is 9.04. The van der Waals surface area contributed by atoms with Crippen molar-refractivity contribution in [3.05, 3.63) is 74.9 Å². The highest BCUT2D eigenvalue weighted by molar-refractivity contribution is 7.89. The SMILES string of the molecule is C/C(O)=C(\N=Nc1cc2[nH]c(=O)cc(C)c2cc1Cl)C(=O)Nc1ccc(S(N)(=O)=O)cc1. The highest BCUT2D eigenvalue weighted by atomic mass is 35.5. The van der Waals surface area contributed by atoms with Crippen molar-refractivity contribution in [3.63, 3.8) is 0 Å². The van der Waals surface area contributed by atoms with Crippen molar-refractivity contribution in [2.24, 2.45) is 15.4 Å². The van der Waals surface area contributed by atoms with E-state index in [1.165, 1.54) is 43.3 Å². The van der Waals surface area contributed by atoms with Crippen molar-refractivity contribution in [1.82, 2.24) is 4.98 Å². The fourth-order valence-electron chi connectivity index (χ4n) is 2.82. The van der Waals surface area contributed by atoms with Crippen LogP contribution in [0.1, 0.15) is 12.5 Å². The molecule has 0 spiro atoms. The van der Waals surface area contributed by atoms with Gasteiger partial charge in [-0.3, -0.25) is 9.59 Å². The number of pyridine rings is 1. The molecule has 12 heteroatoms. The summed E-state index contributed by atoms with van der Waals surface area (Å²) in [7, 11) is -3.87. The molecule has 0 saturated carbocycles. The number of benzene rings is 2. The Morgan fingerprint density at radius 3 is 2.44 bits per heavy atom. The van der Waals surface area contributed by atoms with E-state index < -0.39 is 27.4 Å². The van der Waals surface area contributed by atoms with Crippen LogP contribution in [0.2, 0.25) is 5.02 Å². The van der Waals surface area contributed by atoms with Crippen molar-refractivity contribution < 1.29 is 18.3 Å². The number of rotatable bonds is 5. The average Bonchev–Trinajstić information content (AvgIpc) is 2.68. The number of fused-ring (bicyclic) bond motifs is 1. The van der Waals surface area contributed by atoms with Crippen molar-refractivity contribution in [2.75, 3.05) is 5.32 Å². The second-order valence-corrected chi connectivity index (χ2v) is 8.79. The first-order chi connectivity index (χ1) is 15.0. The Labute approximate surface area is 187 Å². The quantitative estimate of drug-likeness (QED) is 0.250. The molecule has 1 aromatic heterocycles. The number of aliphatic hydroxyl groups excluding tert-OH is 1. The molecule has 5 N–H and O–H groups in total. The Hall–Kier alpha value is -3.54. The van der Waals surface area contributed by atoms with E-state index in [0.29, 0.717) is 5.52 Å². The molecule has 166 valence electrons. The van der Waals surface area contributed by atoms with Crippen LogP contribution in [0.4, 0.5) is 11.4 Å². The fourth-order valence-corrected chi connectivity index (χ4v) is 3.53. The number of aromatic amines is 1. The summed E-state index contributed by atoms with van der Waals surface area (Å²) in [6.45, 7) is 3.02. The summed E-state index contributed by atoms with van der Waals surface area (Å²) in [4.78, 5) is 26.8. The highest BCUT2D eigenvalue weighted by Crippen LogP contribution is 2.31. The number of amides is 1.